The average molecular weight is 206 g/mol. The summed E-state index contributed by atoms with van der Waals surface area (Å²) < 4.78 is 0. The number of hydrogen-bond donors (Lipinski definition) is 1. The fourth-order valence-electron chi connectivity index (χ4n) is 3.59. The molecule has 2 nitrogen and oxygen atoms in total. The summed E-state index contributed by atoms with van der Waals surface area (Å²) in [5, 5.41) is 12.4. The summed E-state index contributed by atoms with van der Waals surface area (Å²) in [6, 6.07) is 2.93. The van der Waals surface area contributed by atoms with Gasteiger partial charge in [0.15, 0.2) is 0 Å². The van der Waals surface area contributed by atoms with Crippen molar-refractivity contribution in [3.63, 3.8) is 0 Å². The summed E-state index contributed by atoms with van der Waals surface area (Å²) in [5.41, 5.74) is 0. The van der Waals surface area contributed by atoms with E-state index in [4.69, 9.17) is 5.26 Å². The topological polar surface area (TPSA) is 35.8 Å². The maximum atomic E-state index is 8.94. The third kappa shape index (κ3) is 2.18. The van der Waals surface area contributed by atoms with Crippen LogP contribution >= 0.6 is 0 Å². The highest BCUT2D eigenvalue weighted by Gasteiger charge is 2.41. The number of nitrogens with zero attached hydrogens (tertiary/aromatic N) is 1. The summed E-state index contributed by atoms with van der Waals surface area (Å²) in [5.74, 6) is 2.80. The van der Waals surface area contributed by atoms with Gasteiger partial charge in [-0.05, 0) is 50.4 Å². The van der Waals surface area contributed by atoms with Gasteiger partial charge in [0.2, 0.25) is 0 Å². The molecule has 5 atom stereocenters. The van der Waals surface area contributed by atoms with Crippen LogP contribution in [0.5, 0.6) is 0 Å². The minimum absolute atomic E-state index is 0.0547. The second-order valence-corrected chi connectivity index (χ2v) is 5.38. The fraction of sp³-hybridized carbons (Fsp3) is 0.923. The first kappa shape index (κ1) is 11.0. The molecule has 1 N–H and O–H groups in total. The first-order valence-corrected chi connectivity index (χ1v) is 6.40. The third-order valence-electron chi connectivity index (χ3n) is 4.46. The minimum atomic E-state index is 0.0547. The van der Waals surface area contributed by atoms with Gasteiger partial charge in [0, 0.05) is 6.04 Å². The lowest BCUT2D eigenvalue weighted by Gasteiger charge is -2.29. The molecule has 0 heterocycles. The van der Waals surface area contributed by atoms with E-state index in [9.17, 15) is 0 Å². The number of nitriles is 1. The van der Waals surface area contributed by atoms with Gasteiger partial charge in [0.25, 0.3) is 0 Å². The van der Waals surface area contributed by atoms with Crippen LogP contribution in [0.3, 0.4) is 0 Å². The summed E-state index contributed by atoms with van der Waals surface area (Å²) >= 11 is 0. The maximum Gasteiger partial charge on any atom is 0.0952 e. The van der Waals surface area contributed by atoms with Gasteiger partial charge in [0.05, 0.1) is 12.1 Å². The number of hydrogen-bond acceptors (Lipinski definition) is 2. The highest BCUT2D eigenvalue weighted by molar-refractivity contribution is 4.97. The Bertz CT molecular complexity index is 256. The lowest BCUT2D eigenvalue weighted by Crippen LogP contribution is -2.41. The van der Waals surface area contributed by atoms with Gasteiger partial charge in [-0.2, -0.15) is 5.26 Å². The minimum Gasteiger partial charge on any atom is -0.299 e. The molecule has 2 saturated carbocycles. The second-order valence-electron chi connectivity index (χ2n) is 5.38. The Morgan fingerprint density at radius 2 is 2.20 bits per heavy atom. The lowest BCUT2D eigenvalue weighted by molar-refractivity contribution is 0.252. The first-order valence-electron chi connectivity index (χ1n) is 6.40. The molecular formula is C13H22N2. The molecule has 0 amide bonds. The van der Waals surface area contributed by atoms with Crippen molar-refractivity contribution in [1.82, 2.24) is 5.32 Å². The van der Waals surface area contributed by atoms with Crippen LogP contribution in [0.4, 0.5) is 0 Å². The maximum absolute atomic E-state index is 8.94. The number of fused-ring (bicyclic) bond motifs is 2. The Morgan fingerprint density at radius 1 is 1.40 bits per heavy atom. The monoisotopic (exact) mass is 206 g/mol. The Hall–Kier alpha value is -0.550. The second kappa shape index (κ2) is 4.53. The smallest absolute Gasteiger partial charge is 0.0952 e. The van der Waals surface area contributed by atoms with Crippen molar-refractivity contribution in [2.75, 3.05) is 0 Å². The molecule has 2 rings (SSSR count). The van der Waals surface area contributed by atoms with E-state index in [1.807, 2.05) is 0 Å². The molecule has 84 valence electrons. The first-order chi connectivity index (χ1) is 7.24. The van der Waals surface area contributed by atoms with E-state index in [1.54, 1.807) is 0 Å². The molecular weight excluding hydrogens is 184 g/mol. The van der Waals surface area contributed by atoms with Crippen molar-refractivity contribution in [3.8, 4) is 6.07 Å². The van der Waals surface area contributed by atoms with E-state index in [1.165, 1.54) is 25.7 Å². The molecule has 5 unspecified atom stereocenters. The molecule has 0 saturated heterocycles. The highest BCUT2D eigenvalue weighted by Crippen LogP contribution is 2.49. The Morgan fingerprint density at radius 3 is 2.67 bits per heavy atom. The van der Waals surface area contributed by atoms with Crippen LogP contribution in [0.2, 0.25) is 0 Å². The summed E-state index contributed by atoms with van der Waals surface area (Å²) in [6.07, 6.45) is 6.68. The third-order valence-corrected chi connectivity index (χ3v) is 4.46. The van der Waals surface area contributed by atoms with E-state index in [2.05, 4.69) is 25.2 Å². The molecule has 2 fully saturated rings. The predicted octanol–water partition coefficient (Wildman–Crippen LogP) is 2.70. The van der Waals surface area contributed by atoms with E-state index >= 15 is 0 Å². The molecule has 0 spiro atoms. The van der Waals surface area contributed by atoms with Crippen molar-refractivity contribution in [2.45, 2.75) is 58.0 Å². The van der Waals surface area contributed by atoms with Crippen LogP contribution in [0, 0.1) is 29.1 Å². The summed E-state index contributed by atoms with van der Waals surface area (Å²) in [6.45, 7) is 4.35. The van der Waals surface area contributed by atoms with Crippen molar-refractivity contribution in [1.29, 1.82) is 5.26 Å². The molecule has 2 heteroatoms. The molecule has 0 aliphatic heterocycles. The zero-order valence-electron chi connectivity index (χ0n) is 9.87. The Labute approximate surface area is 93.0 Å². The predicted molar refractivity (Wildman–Crippen MR) is 61.2 cm³/mol. The van der Waals surface area contributed by atoms with Crippen molar-refractivity contribution >= 4 is 0 Å². The van der Waals surface area contributed by atoms with E-state index in [-0.39, 0.29) is 6.04 Å². The van der Waals surface area contributed by atoms with Gasteiger partial charge >= 0.3 is 0 Å². The molecule has 15 heavy (non-hydrogen) atoms. The lowest BCUT2D eigenvalue weighted by atomic mass is 9.83. The van der Waals surface area contributed by atoms with Crippen molar-refractivity contribution in [3.05, 3.63) is 0 Å². The number of nitrogens with one attached hydrogen (secondary N) is 1. The molecule has 2 aliphatic carbocycles. The van der Waals surface area contributed by atoms with Gasteiger partial charge in [-0.15, -0.1) is 0 Å². The largest absolute Gasteiger partial charge is 0.299 e. The van der Waals surface area contributed by atoms with Crippen molar-refractivity contribution < 1.29 is 0 Å². The molecule has 0 radical (unpaired) electrons. The van der Waals surface area contributed by atoms with Crippen LogP contribution in [0.25, 0.3) is 0 Å². The molecule has 0 aromatic carbocycles. The van der Waals surface area contributed by atoms with Gasteiger partial charge in [0.1, 0.15) is 0 Å². The highest BCUT2D eigenvalue weighted by atomic mass is 15.0. The van der Waals surface area contributed by atoms with Crippen LogP contribution in [0.15, 0.2) is 0 Å². The van der Waals surface area contributed by atoms with Crippen molar-refractivity contribution in [2.24, 2.45) is 17.8 Å². The fourth-order valence-corrected chi connectivity index (χ4v) is 3.59. The van der Waals surface area contributed by atoms with E-state index in [0.29, 0.717) is 6.04 Å². The van der Waals surface area contributed by atoms with Crippen LogP contribution in [-0.4, -0.2) is 12.1 Å². The zero-order chi connectivity index (χ0) is 10.8. The summed E-state index contributed by atoms with van der Waals surface area (Å²) in [4.78, 5) is 0. The molecule has 2 aliphatic rings. The van der Waals surface area contributed by atoms with Gasteiger partial charge in [-0.1, -0.05) is 13.3 Å². The van der Waals surface area contributed by atoms with Gasteiger partial charge < -0.3 is 0 Å². The average Bonchev–Trinajstić information content (AvgIpc) is 2.87. The molecule has 2 bridgehead atoms. The van der Waals surface area contributed by atoms with Gasteiger partial charge in [-0.3, -0.25) is 5.32 Å². The quantitative estimate of drug-likeness (QED) is 0.767. The standard InChI is InChI=1S/C13H22N2/c1-3-12(8-14)15-9(2)13-7-10-4-5-11(13)6-10/h9-13,15H,3-7H2,1-2H3. The Balaban J connectivity index is 1.86. The Kier molecular flexibility index (Phi) is 3.31. The number of rotatable bonds is 4. The van der Waals surface area contributed by atoms with E-state index in [0.717, 1.165) is 24.2 Å². The molecule has 0 aromatic heterocycles. The molecule has 0 aromatic rings. The SMILES string of the molecule is CCC(C#N)NC(C)C1CC2CCC1C2. The van der Waals surface area contributed by atoms with E-state index < -0.39 is 0 Å². The van der Waals surface area contributed by atoms with Crippen LogP contribution < -0.4 is 5.32 Å². The summed E-state index contributed by atoms with van der Waals surface area (Å²) in [7, 11) is 0. The van der Waals surface area contributed by atoms with Crippen LogP contribution in [0.1, 0.15) is 46.0 Å². The zero-order valence-corrected chi connectivity index (χ0v) is 9.87. The van der Waals surface area contributed by atoms with Gasteiger partial charge in [-0.25, -0.2) is 0 Å². The van der Waals surface area contributed by atoms with Crippen LogP contribution in [-0.2, 0) is 0 Å². The normalized spacial score (nSPS) is 37.5.